The van der Waals surface area contributed by atoms with Crippen LogP contribution in [-0.2, 0) is 69.3 Å². The smallest absolute Gasteiger partial charge is 0.243 e. The number of hydrogen-bond donors (Lipinski definition) is 3. The van der Waals surface area contributed by atoms with Crippen molar-refractivity contribution in [1.82, 2.24) is 44.5 Å². The first-order valence-corrected chi connectivity index (χ1v) is 33.3. The van der Waals surface area contributed by atoms with Crippen LogP contribution in [0.4, 0.5) is 0 Å². The van der Waals surface area contributed by atoms with Crippen molar-refractivity contribution in [2.24, 2.45) is 17.4 Å². The van der Waals surface area contributed by atoms with Crippen molar-refractivity contribution in [3.05, 3.63) is 143 Å². The molecule has 26 nitrogen and oxygen atoms in total. The normalized spacial score (nSPS) is 11.6. The first kappa shape index (κ1) is 78.2. The Kier molecular flexibility index (Phi) is 31.7. The van der Waals surface area contributed by atoms with Gasteiger partial charge in [0.25, 0.3) is 0 Å². The van der Waals surface area contributed by atoms with Gasteiger partial charge in [0.1, 0.15) is 25.4 Å². The van der Waals surface area contributed by atoms with E-state index in [-0.39, 0.29) is 77.4 Å². The summed E-state index contributed by atoms with van der Waals surface area (Å²) in [4.78, 5) is 140. The van der Waals surface area contributed by atoms with Gasteiger partial charge in [0, 0.05) is 52.9 Å². The number of amides is 8. The second-order valence-electron chi connectivity index (χ2n) is 24.8. The van der Waals surface area contributed by atoms with Crippen LogP contribution in [0.1, 0.15) is 87.2 Å². The number of methoxy groups -OCH3 is 4. The highest BCUT2D eigenvalue weighted by Crippen LogP contribution is 2.33. The number of ether oxygens (including phenoxy) is 6. The lowest BCUT2D eigenvalue weighted by molar-refractivity contribution is -0.149. The number of carbonyl (C=O) groups is 9. The zero-order valence-corrected chi connectivity index (χ0v) is 58.7. The third-order valence-corrected chi connectivity index (χ3v) is 16.6. The molecular formula is C73H99N11O15. The van der Waals surface area contributed by atoms with Crippen LogP contribution in [0.25, 0.3) is 0 Å². The van der Waals surface area contributed by atoms with Crippen LogP contribution >= 0.6 is 0 Å². The molecule has 0 bridgehead atoms. The van der Waals surface area contributed by atoms with E-state index in [1.54, 1.807) is 91.9 Å². The minimum Gasteiger partial charge on any atom is -0.493 e. The first-order chi connectivity index (χ1) is 47.6. The number of fused-ring (bicyclic) bond motifs is 1. The number of rotatable bonds is 42. The zero-order chi connectivity index (χ0) is 72.0. The van der Waals surface area contributed by atoms with Gasteiger partial charge in [-0.3, -0.25) is 43.2 Å². The molecule has 1 heterocycles. The van der Waals surface area contributed by atoms with Gasteiger partial charge in [0.05, 0.1) is 73.7 Å². The largest absolute Gasteiger partial charge is 0.493 e. The van der Waals surface area contributed by atoms with Gasteiger partial charge in [-0.1, -0.05) is 92.7 Å². The van der Waals surface area contributed by atoms with Crippen molar-refractivity contribution in [2.45, 2.75) is 85.6 Å². The van der Waals surface area contributed by atoms with Crippen LogP contribution in [0, 0.1) is 5.92 Å². The van der Waals surface area contributed by atoms with E-state index in [9.17, 15) is 38.4 Å². The molecule has 0 radical (unpaired) electrons. The average Bonchev–Trinajstić information content (AvgIpc) is 1.65. The topological polar surface area (TPSA) is 299 Å². The third-order valence-electron chi connectivity index (χ3n) is 16.6. The Bertz CT molecular complexity index is 3490. The number of carbonyl (C=O) groups excluding carboxylic acids is 9. The number of nitrogens with two attached hydrogens (primary N) is 2. The molecule has 1 aliphatic heterocycles. The summed E-state index contributed by atoms with van der Waals surface area (Å²) in [6.45, 7) is 4.39. The standard InChI is InChI=1S/C73H99N11O15/c1-52(2)39-80(47-72(92)83(41-55-20-12-10-13-21-55)48-71(91)81(40-53(3)85)42-58-26-29-62-65(36-58)99-51-98-62)68(88)44-77(5)67(87)50-84(54(4)59-22-14-11-15-23-59)73(93)49-79(33-19-17-31-75)69(89)45-78(32-18-16-30-74)70(90)46-82(43-57-25-28-61(95-7)64(35-57)97-9)66(86)38-76-37-56-24-27-60(94-6)63(34-56)96-8/h10-15,20-29,34-36,52,54,76H,16-19,30-33,37-51,74-75H2,1-9H3/t54-/m0/s1. The van der Waals surface area contributed by atoms with Gasteiger partial charge < -0.3 is 84.4 Å². The second-order valence-corrected chi connectivity index (χ2v) is 24.8. The van der Waals surface area contributed by atoms with Crippen molar-refractivity contribution in [1.29, 1.82) is 0 Å². The van der Waals surface area contributed by atoms with Gasteiger partial charge in [-0.2, -0.15) is 0 Å². The SMILES string of the molecule is COc1ccc(CNCC(=O)N(CC(=O)N(CCCCN)CC(=O)N(CCCCN)CC(=O)N(CC(=O)N(C)CC(=O)N(CC(=O)N(CC(=O)N(CC(C)=O)Cc2ccc3c(c2)OCO3)Cc2ccccc2)CC(C)C)[C@@H](C)c2ccccc2)Cc2ccc(OC)c(OC)c2)cc1OC. The molecule has 99 heavy (non-hydrogen) atoms. The number of Topliss-reactive ketones (excluding diaryl/α,β-unsaturated/α-hetero) is 1. The highest BCUT2D eigenvalue weighted by Gasteiger charge is 2.33. The number of nitrogens with one attached hydrogen (secondary N) is 1. The number of likely N-dealkylation sites (N-methyl/N-ethyl adjacent to an activating group) is 1. The summed E-state index contributed by atoms with van der Waals surface area (Å²) in [5.41, 5.74) is 15.4. The molecule has 5 N–H and O–H groups in total. The van der Waals surface area contributed by atoms with E-state index in [4.69, 9.17) is 39.9 Å². The first-order valence-electron chi connectivity index (χ1n) is 33.3. The van der Waals surface area contributed by atoms with E-state index in [2.05, 4.69) is 5.32 Å². The molecule has 0 fully saturated rings. The van der Waals surface area contributed by atoms with Crippen LogP contribution in [-0.4, -0.2) is 226 Å². The van der Waals surface area contributed by atoms with Crippen LogP contribution in [0.2, 0.25) is 0 Å². The van der Waals surface area contributed by atoms with Gasteiger partial charge in [-0.15, -0.1) is 0 Å². The number of benzene rings is 5. The Morgan fingerprint density at radius 3 is 1.46 bits per heavy atom. The molecule has 0 aliphatic carbocycles. The summed E-state index contributed by atoms with van der Waals surface area (Å²) in [6.07, 6.45) is 1.83. The van der Waals surface area contributed by atoms with Gasteiger partial charge in [-0.05, 0) is 123 Å². The van der Waals surface area contributed by atoms with Gasteiger partial charge in [-0.25, -0.2) is 0 Å². The van der Waals surface area contributed by atoms with E-state index < -0.39 is 99.1 Å². The summed E-state index contributed by atoms with van der Waals surface area (Å²) < 4.78 is 32.9. The Balaban J connectivity index is 1.20. The van der Waals surface area contributed by atoms with Gasteiger partial charge >= 0.3 is 0 Å². The Hall–Kier alpha value is -9.79. The van der Waals surface area contributed by atoms with Crippen LogP contribution in [0.3, 0.4) is 0 Å². The second kappa shape index (κ2) is 40.2. The van der Waals surface area contributed by atoms with Gasteiger partial charge in [0.15, 0.2) is 34.5 Å². The minimum absolute atomic E-state index is 0.00275. The lowest BCUT2D eigenvalue weighted by atomic mass is 10.1. The van der Waals surface area contributed by atoms with E-state index >= 15 is 4.79 Å². The predicted octanol–water partition coefficient (Wildman–Crippen LogP) is 4.88. The number of unbranched alkanes of at least 4 members (excludes halogenated alkanes) is 2. The molecular weight excluding hydrogens is 1270 g/mol. The molecule has 536 valence electrons. The monoisotopic (exact) mass is 1370 g/mol. The average molecular weight is 1370 g/mol. The van der Waals surface area contributed by atoms with Crippen molar-refractivity contribution >= 4 is 53.0 Å². The molecule has 8 amide bonds. The highest BCUT2D eigenvalue weighted by molar-refractivity contribution is 5.94. The van der Waals surface area contributed by atoms with Crippen molar-refractivity contribution in [3.63, 3.8) is 0 Å². The highest BCUT2D eigenvalue weighted by atomic mass is 16.7. The third kappa shape index (κ3) is 24.6. The molecule has 0 saturated heterocycles. The zero-order valence-electron chi connectivity index (χ0n) is 58.7. The molecule has 0 unspecified atom stereocenters. The molecule has 1 aliphatic rings. The maximum absolute atomic E-state index is 15.1. The maximum atomic E-state index is 15.1. The van der Waals surface area contributed by atoms with Crippen LogP contribution < -0.4 is 45.2 Å². The van der Waals surface area contributed by atoms with Crippen molar-refractivity contribution in [3.8, 4) is 34.5 Å². The fourth-order valence-electron chi connectivity index (χ4n) is 11.1. The lowest BCUT2D eigenvalue weighted by Gasteiger charge is -2.34. The molecule has 6 rings (SSSR count). The Morgan fingerprint density at radius 1 is 0.455 bits per heavy atom. The number of nitrogens with zero attached hydrogens (tertiary/aromatic N) is 8. The Morgan fingerprint density at radius 2 is 0.909 bits per heavy atom. The van der Waals surface area contributed by atoms with Crippen molar-refractivity contribution < 1.29 is 71.6 Å². The van der Waals surface area contributed by atoms with E-state index in [1.165, 1.54) is 81.6 Å². The number of ketones is 1. The maximum Gasteiger partial charge on any atom is 0.243 e. The molecule has 5 aromatic carbocycles. The summed E-state index contributed by atoms with van der Waals surface area (Å²) in [7, 11) is 7.49. The summed E-state index contributed by atoms with van der Waals surface area (Å²) in [6, 6.07) is 33.1. The Labute approximate surface area is 581 Å². The lowest BCUT2D eigenvalue weighted by Crippen LogP contribution is -2.52. The van der Waals surface area contributed by atoms with Gasteiger partial charge in [0.2, 0.25) is 54.1 Å². The minimum atomic E-state index is -0.735. The molecule has 0 spiro atoms. The predicted molar refractivity (Wildman–Crippen MR) is 372 cm³/mol. The molecule has 0 saturated carbocycles. The quantitative estimate of drug-likeness (QED) is 0.0439. The summed E-state index contributed by atoms with van der Waals surface area (Å²) >= 11 is 0. The molecule has 1 atom stereocenters. The van der Waals surface area contributed by atoms with Crippen molar-refractivity contribution in [2.75, 3.05) is 134 Å². The van der Waals surface area contributed by atoms with E-state index in [1.807, 2.05) is 44.2 Å². The molecule has 5 aromatic rings. The fraction of sp³-hybridized carbons (Fsp3) is 0.466. The van der Waals surface area contributed by atoms with Crippen LogP contribution in [0.15, 0.2) is 115 Å². The number of hydrogen-bond acceptors (Lipinski definition) is 18. The fourth-order valence-corrected chi connectivity index (χ4v) is 11.1. The summed E-state index contributed by atoms with van der Waals surface area (Å²) in [5.74, 6) is -1.81. The molecule has 26 heteroatoms. The van der Waals surface area contributed by atoms with Crippen LogP contribution in [0.5, 0.6) is 34.5 Å². The molecule has 0 aromatic heterocycles. The summed E-state index contributed by atoms with van der Waals surface area (Å²) in [5, 5.41) is 3.18. The van der Waals surface area contributed by atoms with E-state index in [0.717, 1.165) is 5.56 Å². The van der Waals surface area contributed by atoms with E-state index in [0.29, 0.717) is 95.5 Å².